The maximum Gasteiger partial charge on any atom is 0.267 e. The van der Waals surface area contributed by atoms with Crippen LogP contribution in [0.5, 0.6) is 5.75 Å². The van der Waals surface area contributed by atoms with E-state index >= 15 is 0 Å². The molecular formula is C17H22N2O3. The van der Waals surface area contributed by atoms with Gasteiger partial charge < -0.3 is 20.1 Å². The molecule has 1 aromatic heterocycles. The van der Waals surface area contributed by atoms with Crippen molar-refractivity contribution in [1.29, 1.82) is 0 Å². The highest BCUT2D eigenvalue weighted by molar-refractivity contribution is 5.98. The maximum absolute atomic E-state index is 12.4. The van der Waals surface area contributed by atoms with Gasteiger partial charge in [-0.15, -0.1) is 0 Å². The summed E-state index contributed by atoms with van der Waals surface area (Å²) in [6.45, 7) is 2.66. The molecule has 1 atom stereocenters. The lowest BCUT2D eigenvalue weighted by atomic mass is 10.1. The van der Waals surface area contributed by atoms with Gasteiger partial charge in [-0.2, -0.15) is 0 Å². The van der Waals surface area contributed by atoms with Gasteiger partial charge in [0.15, 0.2) is 0 Å². The first kappa shape index (κ1) is 14.9. The number of hydrogen-bond acceptors (Lipinski definition) is 3. The summed E-state index contributed by atoms with van der Waals surface area (Å²) in [6, 6.07) is 7.67. The molecule has 1 unspecified atom stereocenters. The van der Waals surface area contributed by atoms with Crippen LogP contribution in [0, 0.1) is 5.92 Å². The SMILES string of the molecule is CCOc1ccc2cc(C(=O)NC(CCO)C3CC3)[nH]c2c1. The van der Waals surface area contributed by atoms with Crippen LogP contribution in [0.25, 0.3) is 10.9 Å². The highest BCUT2D eigenvalue weighted by atomic mass is 16.5. The molecule has 3 N–H and O–H groups in total. The van der Waals surface area contributed by atoms with E-state index in [2.05, 4.69) is 10.3 Å². The lowest BCUT2D eigenvalue weighted by molar-refractivity contribution is 0.0920. The molecule has 0 spiro atoms. The molecule has 5 nitrogen and oxygen atoms in total. The van der Waals surface area contributed by atoms with Crippen LogP contribution in [0.1, 0.15) is 36.7 Å². The minimum absolute atomic E-state index is 0.0721. The quantitative estimate of drug-likeness (QED) is 0.735. The third kappa shape index (κ3) is 3.25. The molecule has 1 aliphatic rings. The number of fused-ring (bicyclic) bond motifs is 1. The van der Waals surface area contributed by atoms with Gasteiger partial charge in [0.1, 0.15) is 11.4 Å². The van der Waals surface area contributed by atoms with E-state index in [1.807, 2.05) is 31.2 Å². The minimum Gasteiger partial charge on any atom is -0.494 e. The van der Waals surface area contributed by atoms with Crippen molar-refractivity contribution in [2.75, 3.05) is 13.2 Å². The standard InChI is InChI=1S/C17H22N2O3/c1-2-22-13-6-5-12-9-16(18-15(12)10-13)17(21)19-14(7-8-20)11-3-4-11/h5-6,9-11,14,18,20H,2-4,7-8H2,1H3,(H,19,21). The Kier molecular flexibility index (Phi) is 4.34. The minimum atomic E-state index is -0.112. The third-order valence-corrected chi connectivity index (χ3v) is 4.10. The Morgan fingerprint density at radius 3 is 2.95 bits per heavy atom. The molecule has 1 amide bonds. The second kappa shape index (κ2) is 6.40. The number of benzene rings is 1. The summed E-state index contributed by atoms with van der Waals surface area (Å²) in [7, 11) is 0. The predicted octanol–water partition coefficient (Wildman–Crippen LogP) is 2.46. The number of hydrogen-bond donors (Lipinski definition) is 3. The summed E-state index contributed by atoms with van der Waals surface area (Å²) in [5, 5.41) is 13.1. The summed E-state index contributed by atoms with van der Waals surface area (Å²) in [6.07, 6.45) is 2.88. The van der Waals surface area contributed by atoms with E-state index in [1.54, 1.807) is 0 Å². The number of aromatic nitrogens is 1. The Balaban J connectivity index is 1.75. The highest BCUT2D eigenvalue weighted by Gasteiger charge is 2.32. The number of aromatic amines is 1. The molecule has 3 rings (SSSR count). The molecular weight excluding hydrogens is 280 g/mol. The number of amides is 1. The number of nitrogens with one attached hydrogen (secondary N) is 2. The van der Waals surface area contributed by atoms with Crippen LogP contribution in [0.4, 0.5) is 0 Å². The van der Waals surface area contributed by atoms with E-state index in [4.69, 9.17) is 9.84 Å². The summed E-state index contributed by atoms with van der Waals surface area (Å²) in [4.78, 5) is 15.5. The monoisotopic (exact) mass is 302 g/mol. The van der Waals surface area contributed by atoms with E-state index in [0.29, 0.717) is 24.6 Å². The highest BCUT2D eigenvalue weighted by Crippen LogP contribution is 2.34. The van der Waals surface area contributed by atoms with Gasteiger partial charge in [-0.1, -0.05) is 0 Å². The average molecular weight is 302 g/mol. The molecule has 0 aliphatic heterocycles. The number of carbonyl (C=O) groups excluding carboxylic acids is 1. The molecule has 5 heteroatoms. The summed E-state index contributed by atoms with van der Waals surface area (Å²) < 4.78 is 5.47. The molecule has 1 heterocycles. The number of rotatable bonds is 7. The van der Waals surface area contributed by atoms with Gasteiger partial charge in [-0.05, 0) is 50.3 Å². The molecule has 1 aliphatic carbocycles. The van der Waals surface area contributed by atoms with Crippen molar-refractivity contribution in [1.82, 2.24) is 10.3 Å². The summed E-state index contributed by atoms with van der Waals surface area (Å²) >= 11 is 0. The zero-order valence-electron chi connectivity index (χ0n) is 12.8. The first-order valence-electron chi connectivity index (χ1n) is 7.88. The lowest BCUT2D eigenvalue weighted by Crippen LogP contribution is -2.37. The Labute approximate surface area is 129 Å². The van der Waals surface area contributed by atoms with Gasteiger partial charge in [0.05, 0.1) is 6.61 Å². The van der Waals surface area contributed by atoms with Crippen molar-refractivity contribution in [3.05, 3.63) is 30.0 Å². The van der Waals surface area contributed by atoms with E-state index in [9.17, 15) is 4.79 Å². The molecule has 22 heavy (non-hydrogen) atoms. The third-order valence-electron chi connectivity index (χ3n) is 4.10. The number of ether oxygens (including phenoxy) is 1. The first-order chi connectivity index (χ1) is 10.7. The Morgan fingerprint density at radius 2 is 2.27 bits per heavy atom. The van der Waals surface area contributed by atoms with E-state index < -0.39 is 0 Å². The molecule has 0 radical (unpaired) electrons. The maximum atomic E-state index is 12.4. The van der Waals surface area contributed by atoms with Gasteiger partial charge in [0, 0.05) is 29.6 Å². The molecule has 1 aromatic carbocycles. The number of carbonyl (C=O) groups is 1. The Hall–Kier alpha value is -2.01. The van der Waals surface area contributed by atoms with Crippen LogP contribution in [0.3, 0.4) is 0 Å². The topological polar surface area (TPSA) is 74.3 Å². The van der Waals surface area contributed by atoms with E-state index in [0.717, 1.165) is 29.5 Å². The van der Waals surface area contributed by atoms with E-state index in [-0.39, 0.29) is 18.6 Å². The van der Waals surface area contributed by atoms with Crippen LogP contribution in [-0.4, -0.2) is 35.3 Å². The normalized spacial score (nSPS) is 15.7. The van der Waals surface area contributed by atoms with E-state index in [1.165, 1.54) is 0 Å². The fourth-order valence-electron chi connectivity index (χ4n) is 2.79. The van der Waals surface area contributed by atoms with Crippen molar-refractivity contribution < 1.29 is 14.6 Å². The zero-order chi connectivity index (χ0) is 15.5. The van der Waals surface area contributed by atoms with Gasteiger partial charge in [-0.3, -0.25) is 4.79 Å². The smallest absolute Gasteiger partial charge is 0.267 e. The van der Waals surface area contributed by atoms with Crippen LogP contribution in [-0.2, 0) is 0 Å². The summed E-state index contributed by atoms with van der Waals surface area (Å²) in [5.74, 6) is 1.20. The van der Waals surface area contributed by atoms with Gasteiger partial charge in [0.25, 0.3) is 5.91 Å². The van der Waals surface area contributed by atoms with Crippen LogP contribution < -0.4 is 10.1 Å². The van der Waals surface area contributed by atoms with Gasteiger partial charge in [0.2, 0.25) is 0 Å². The summed E-state index contributed by atoms with van der Waals surface area (Å²) in [5.41, 5.74) is 1.44. The fourth-order valence-corrected chi connectivity index (χ4v) is 2.79. The fraction of sp³-hybridized carbons (Fsp3) is 0.471. The zero-order valence-corrected chi connectivity index (χ0v) is 12.8. The van der Waals surface area contributed by atoms with Crippen LogP contribution >= 0.6 is 0 Å². The Bertz CT molecular complexity index is 661. The van der Waals surface area contributed by atoms with Crippen molar-refractivity contribution in [2.24, 2.45) is 5.92 Å². The number of H-pyrrole nitrogens is 1. The van der Waals surface area contributed by atoms with Crippen LogP contribution in [0.15, 0.2) is 24.3 Å². The largest absolute Gasteiger partial charge is 0.494 e. The molecule has 118 valence electrons. The van der Waals surface area contributed by atoms with Crippen molar-refractivity contribution in [3.8, 4) is 5.75 Å². The second-order valence-corrected chi connectivity index (χ2v) is 5.79. The second-order valence-electron chi connectivity index (χ2n) is 5.79. The molecule has 1 fully saturated rings. The number of aliphatic hydroxyl groups is 1. The average Bonchev–Trinajstić information content (AvgIpc) is 3.26. The molecule has 1 saturated carbocycles. The van der Waals surface area contributed by atoms with Crippen LogP contribution in [0.2, 0.25) is 0 Å². The first-order valence-corrected chi connectivity index (χ1v) is 7.88. The Morgan fingerprint density at radius 1 is 1.45 bits per heavy atom. The van der Waals surface area contributed by atoms with Crippen molar-refractivity contribution >= 4 is 16.8 Å². The predicted molar refractivity (Wildman–Crippen MR) is 85.1 cm³/mol. The molecule has 2 aromatic rings. The van der Waals surface area contributed by atoms with Gasteiger partial charge >= 0.3 is 0 Å². The van der Waals surface area contributed by atoms with Crippen molar-refractivity contribution in [2.45, 2.75) is 32.2 Å². The lowest BCUT2D eigenvalue weighted by Gasteiger charge is -2.16. The molecule has 0 bridgehead atoms. The van der Waals surface area contributed by atoms with Gasteiger partial charge in [-0.25, -0.2) is 0 Å². The molecule has 0 saturated heterocycles. The number of aliphatic hydroxyl groups excluding tert-OH is 1. The van der Waals surface area contributed by atoms with Crippen molar-refractivity contribution in [3.63, 3.8) is 0 Å².